The highest BCUT2D eigenvalue weighted by molar-refractivity contribution is 6.04. The third-order valence-electron chi connectivity index (χ3n) is 5.65. The van der Waals surface area contributed by atoms with Crippen LogP contribution in [0, 0.1) is 5.82 Å². The van der Waals surface area contributed by atoms with Gasteiger partial charge in [-0.05, 0) is 72.5 Å². The fraction of sp³-hybridized carbons (Fsp3) is 0.231. The summed E-state index contributed by atoms with van der Waals surface area (Å²) >= 11 is 0. The third kappa shape index (κ3) is 5.56. The molecule has 3 aromatic rings. The van der Waals surface area contributed by atoms with Crippen molar-refractivity contribution in [1.82, 2.24) is 4.90 Å². The zero-order valence-electron chi connectivity index (χ0n) is 18.2. The Hall–Kier alpha value is -3.71. The van der Waals surface area contributed by atoms with Gasteiger partial charge in [-0.1, -0.05) is 24.3 Å². The number of anilines is 2. The van der Waals surface area contributed by atoms with Crippen LogP contribution < -0.4 is 10.2 Å². The molecule has 3 aromatic carbocycles. The van der Waals surface area contributed by atoms with Crippen molar-refractivity contribution >= 4 is 23.3 Å². The normalized spacial score (nSPS) is 13.8. The van der Waals surface area contributed by atoms with Crippen molar-refractivity contribution in [2.75, 3.05) is 29.9 Å². The van der Waals surface area contributed by atoms with Crippen LogP contribution in [-0.2, 0) is 13.0 Å². The molecule has 1 aliphatic rings. The zero-order valence-corrected chi connectivity index (χ0v) is 18.2. The van der Waals surface area contributed by atoms with Crippen molar-refractivity contribution in [2.24, 2.45) is 0 Å². The number of halogens is 1. The van der Waals surface area contributed by atoms with Gasteiger partial charge >= 0.3 is 6.03 Å². The predicted octanol–water partition coefficient (Wildman–Crippen LogP) is 4.45. The molecule has 0 saturated carbocycles. The first-order chi connectivity index (χ1) is 16.0. The first-order valence-electron chi connectivity index (χ1n) is 11.0. The number of nitrogens with zero attached hydrogens (tertiary/aromatic N) is 2. The highest BCUT2D eigenvalue weighted by atomic mass is 19.1. The van der Waals surface area contributed by atoms with Gasteiger partial charge in [-0.25, -0.2) is 9.18 Å². The molecule has 0 bridgehead atoms. The Morgan fingerprint density at radius 2 is 1.58 bits per heavy atom. The lowest BCUT2D eigenvalue weighted by Gasteiger charge is -2.35. The van der Waals surface area contributed by atoms with Crippen LogP contribution in [-0.4, -0.2) is 41.6 Å². The van der Waals surface area contributed by atoms with Crippen molar-refractivity contribution in [3.8, 4) is 0 Å². The number of carbonyl (C=O) groups excluding carboxylic acids is 2. The fourth-order valence-electron chi connectivity index (χ4n) is 3.86. The lowest BCUT2D eigenvalue weighted by molar-refractivity contribution is 0.102. The first kappa shape index (κ1) is 22.5. The van der Waals surface area contributed by atoms with Crippen molar-refractivity contribution in [2.45, 2.75) is 19.4 Å². The summed E-state index contributed by atoms with van der Waals surface area (Å²) in [5, 5.41) is 11.9. The SMILES string of the molecule is O=C(Nc1ccc(CCO)cc1)c1ccc(N2CCCN(Cc3ccc(F)cc3)C2=O)cc1. The lowest BCUT2D eigenvalue weighted by atomic mass is 10.1. The van der Waals surface area contributed by atoms with Gasteiger partial charge in [0.05, 0.1) is 0 Å². The van der Waals surface area contributed by atoms with E-state index in [2.05, 4.69) is 5.32 Å². The van der Waals surface area contributed by atoms with Gasteiger partial charge in [-0.3, -0.25) is 9.69 Å². The summed E-state index contributed by atoms with van der Waals surface area (Å²) in [6, 6.07) is 20.4. The van der Waals surface area contributed by atoms with E-state index in [1.54, 1.807) is 58.3 Å². The minimum atomic E-state index is -0.298. The van der Waals surface area contributed by atoms with Crippen LogP contribution in [0.4, 0.5) is 20.6 Å². The van der Waals surface area contributed by atoms with Gasteiger partial charge in [0.25, 0.3) is 5.91 Å². The van der Waals surface area contributed by atoms with Crippen LogP contribution in [0.15, 0.2) is 72.8 Å². The molecule has 0 aliphatic carbocycles. The monoisotopic (exact) mass is 447 g/mol. The molecule has 1 aliphatic heterocycles. The van der Waals surface area contributed by atoms with E-state index in [0.717, 1.165) is 23.2 Å². The number of carbonyl (C=O) groups is 2. The molecule has 1 heterocycles. The number of urea groups is 1. The molecule has 4 rings (SSSR count). The zero-order chi connectivity index (χ0) is 23.2. The molecule has 0 atom stereocenters. The largest absolute Gasteiger partial charge is 0.396 e. The van der Waals surface area contributed by atoms with Gasteiger partial charge in [-0.15, -0.1) is 0 Å². The number of benzene rings is 3. The van der Waals surface area contributed by atoms with E-state index in [1.165, 1.54) is 12.1 Å². The van der Waals surface area contributed by atoms with E-state index in [0.29, 0.717) is 37.3 Å². The molecule has 33 heavy (non-hydrogen) atoms. The maximum atomic E-state index is 13.2. The quantitative estimate of drug-likeness (QED) is 0.562. The molecule has 2 N–H and O–H groups in total. The molecule has 3 amide bonds. The second kappa shape index (κ2) is 10.3. The lowest BCUT2D eigenvalue weighted by Crippen LogP contribution is -2.49. The third-order valence-corrected chi connectivity index (χ3v) is 5.65. The molecule has 0 aromatic heterocycles. The summed E-state index contributed by atoms with van der Waals surface area (Å²) in [5.41, 5.74) is 3.77. The Morgan fingerprint density at radius 1 is 0.909 bits per heavy atom. The minimum absolute atomic E-state index is 0.0849. The van der Waals surface area contributed by atoms with Gasteiger partial charge in [-0.2, -0.15) is 0 Å². The summed E-state index contributed by atoms with van der Waals surface area (Å²) in [6.45, 7) is 1.75. The van der Waals surface area contributed by atoms with Gasteiger partial charge in [0.15, 0.2) is 0 Å². The molecule has 1 fully saturated rings. The Labute approximate surface area is 192 Å². The first-order valence-corrected chi connectivity index (χ1v) is 11.0. The number of aliphatic hydroxyl groups is 1. The van der Waals surface area contributed by atoms with Gasteiger partial charge < -0.3 is 15.3 Å². The highest BCUT2D eigenvalue weighted by Crippen LogP contribution is 2.23. The minimum Gasteiger partial charge on any atom is -0.396 e. The smallest absolute Gasteiger partial charge is 0.324 e. The van der Waals surface area contributed by atoms with Gasteiger partial charge in [0, 0.05) is 43.2 Å². The average Bonchev–Trinajstić information content (AvgIpc) is 2.83. The standard InChI is InChI=1S/C26H26FN3O3/c27-22-8-2-20(3-9-22)18-29-15-1-16-30(26(29)33)24-12-6-21(7-13-24)25(32)28-23-10-4-19(5-11-23)14-17-31/h2-13,31H,1,14-18H2,(H,28,32). The molecule has 0 radical (unpaired) electrons. The van der Waals surface area contributed by atoms with E-state index in [4.69, 9.17) is 5.11 Å². The fourth-order valence-corrected chi connectivity index (χ4v) is 3.86. The Morgan fingerprint density at radius 3 is 2.24 bits per heavy atom. The average molecular weight is 448 g/mol. The molecule has 170 valence electrons. The molecule has 0 unspecified atom stereocenters. The number of nitrogens with one attached hydrogen (secondary N) is 1. The Bertz CT molecular complexity index is 1100. The molecular formula is C26H26FN3O3. The maximum Gasteiger partial charge on any atom is 0.324 e. The van der Waals surface area contributed by atoms with E-state index in [-0.39, 0.29) is 24.4 Å². The van der Waals surface area contributed by atoms with E-state index in [1.807, 2.05) is 12.1 Å². The summed E-state index contributed by atoms with van der Waals surface area (Å²) in [6.07, 6.45) is 1.40. The van der Waals surface area contributed by atoms with E-state index in [9.17, 15) is 14.0 Å². The number of aliphatic hydroxyl groups excluding tert-OH is 1. The van der Waals surface area contributed by atoms with Crippen molar-refractivity contribution in [1.29, 1.82) is 0 Å². The summed E-state index contributed by atoms with van der Waals surface area (Å²) in [7, 11) is 0. The maximum absolute atomic E-state index is 13.2. The number of amides is 3. The van der Waals surface area contributed by atoms with E-state index >= 15 is 0 Å². The van der Waals surface area contributed by atoms with Gasteiger partial charge in [0.2, 0.25) is 0 Å². The van der Waals surface area contributed by atoms with Gasteiger partial charge in [0.1, 0.15) is 5.82 Å². The van der Waals surface area contributed by atoms with Crippen LogP contribution in [0.2, 0.25) is 0 Å². The molecule has 7 heteroatoms. The molecular weight excluding hydrogens is 421 g/mol. The number of rotatable bonds is 7. The second-order valence-corrected chi connectivity index (χ2v) is 8.01. The Kier molecular flexibility index (Phi) is 7.00. The van der Waals surface area contributed by atoms with Crippen LogP contribution in [0.5, 0.6) is 0 Å². The van der Waals surface area contributed by atoms with Crippen LogP contribution in [0.1, 0.15) is 27.9 Å². The Balaban J connectivity index is 1.39. The summed E-state index contributed by atoms with van der Waals surface area (Å²) < 4.78 is 13.2. The van der Waals surface area contributed by atoms with Crippen LogP contribution >= 0.6 is 0 Å². The molecule has 0 spiro atoms. The topological polar surface area (TPSA) is 72.9 Å². The summed E-state index contributed by atoms with van der Waals surface area (Å²) in [5.74, 6) is -0.535. The van der Waals surface area contributed by atoms with Crippen molar-refractivity contribution in [3.05, 3.63) is 95.3 Å². The highest BCUT2D eigenvalue weighted by Gasteiger charge is 2.27. The van der Waals surface area contributed by atoms with Crippen molar-refractivity contribution < 1.29 is 19.1 Å². The molecule has 6 nitrogen and oxygen atoms in total. The second-order valence-electron chi connectivity index (χ2n) is 8.01. The predicted molar refractivity (Wildman–Crippen MR) is 126 cm³/mol. The summed E-state index contributed by atoms with van der Waals surface area (Å²) in [4.78, 5) is 29.1. The van der Waals surface area contributed by atoms with Crippen LogP contribution in [0.25, 0.3) is 0 Å². The van der Waals surface area contributed by atoms with E-state index < -0.39 is 0 Å². The van der Waals surface area contributed by atoms with Crippen molar-refractivity contribution in [3.63, 3.8) is 0 Å². The number of hydrogen-bond donors (Lipinski definition) is 2. The molecule has 1 saturated heterocycles. The number of hydrogen-bond acceptors (Lipinski definition) is 3. The van der Waals surface area contributed by atoms with Crippen LogP contribution in [0.3, 0.4) is 0 Å².